The summed E-state index contributed by atoms with van der Waals surface area (Å²) in [5.74, 6) is 0.906. The number of amides is 1. The second kappa shape index (κ2) is 6.60. The standard InChI is InChI=1S/C16H24N2O/c1-3-7-13(2)12-17-14-8-4-5-9-15(14)18-11-6-10-16(18)19/h4-5,8-9,13,17H,3,6-7,10-12H2,1-2H3. The molecule has 3 heteroatoms. The van der Waals surface area contributed by atoms with Gasteiger partial charge in [-0.05, 0) is 30.9 Å². The Morgan fingerprint density at radius 2 is 2.16 bits per heavy atom. The van der Waals surface area contributed by atoms with Crippen LogP contribution in [0.5, 0.6) is 0 Å². The molecule has 1 atom stereocenters. The van der Waals surface area contributed by atoms with Crippen LogP contribution in [0.4, 0.5) is 11.4 Å². The quantitative estimate of drug-likeness (QED) is 0.846. The number of anilines is 2. The third-order valence-electron chi connectivity index (χ3n) is 3.69. The topological polar surface area (TPSA) is 32.3 Å². The fraction of sp³-hybridized carbons (Fsp3) is 0.562. The highest BCUT2D eigenvalue weighted by molar-refractivity contribution is 5.98. The van der Waals surface area contributed by atoms with E-state index in [0.29, 0.717) is 12.3 Å². The predicted molar refractivity (Wildman–Crippen MR) is 80.6 cm³/mol. The molecule has 1 aliphatic heterocycles. The number of nitrogens with zero attached hydrogens (tertiary/aromatic N) is 1. The van der Waals surface area contributed by atoms with Crippen molar-refractivity contribution in [3.63, 3.8) is 0 Å². The number of hydrogen-bond acceptors (Lipinski definition) is 2. The lowest BCUT2D eigenvalue weighted by atomic mass is 10.1. The Balaban J connectivity index is 2.06. The van der Waals surface area contributed by atoms with Crippen molar-refractivity contribution in [2.75, 3.05) is 23.3 Å². The van der Waals surface area contributed by atoms with Crippen LogP contribution < -0.4 is 10.2 Å². The first-order valence-corrected chi connectivity index (χ1v) is 7.35. The van der Waals surface area contributed by atoms with Crippen molar-refractivity contribution in [1.29, 1.82) is 0 Å². The number of nitrogens with one attached hydrogen (secondary N) is 1. The van der Waals surface area contributed by atoms with Gasteiger partial charge in [0.1, 0.15) is 0 Å². The zero-order valence-electron chi connectivity index (χ0n) is 12.0. The van der Waals surface area contributed by atoms with Crippen LogP contribution in [-0.4, -0.2) is 19.0 Å². The Labute approximate surface area is 116 Å². The fourth-order valence-electron chi connectivity index (χ4n) is 2.64. The van der Waals surface area contributed by atoms with E-state index in [9.17, 15) is 4.79 Å². The van der Waals surface area contributed by atoms with E-state index in [2.05, 4.69) is 25.2 Å². The van der Waals surface area contributed by atoms with Crippen LogP contribution in [0.3, 0.4) is 0 Å². The summed E-state index contributed by atoms with van der Waals surface area (Å²) >= 11 is 0. The number of carbonyl (C=O) groups excluding carboxylic acids is 1. The number of hydrogen-bond donors (Lipinski definition) is 1. The van der Waals surface area contributed by atoms with E-state index in [1.807, 2.05) is 23.1 Å². The van der Waals surface area contributed by atoms with E-state index >= 15 is 0 Å². The van der Waals surface area contributed by atoms with Gasteiger partial charge in [-0.2, -0.15) is 0 Å². The van der Waals surface area contributed by atoms with Crippen molar-refractivity contribution in [2.45, 2.75) is 39.5 Å². The molecule has 1 aromatic rings. The van der Waals surface area contributed by atoms with Gasteiger partial charge in [0.2, 0.25) is 5.91 Å². The molecule has 1 saturated heterocycles. The summed E-state index contributed by atoms with van der Waals surface area (Å²) in [4.78, 5) is 13.8. The van der Waals surface area contributed by atoms with Crippen molar-refractivity contribution < 1.29 is 4.79 Å². The van der Waals surface area contributed by atoms with Crippen molar-refractivity contribution in [2.24, 2.45) is 5.92 Å². The molecule has 1 fully saturated rings. The zero-order chi connectivity index (χ0) is 13.7. The van der Waals surface area contributed by atoms with Gasteiger partial charge in [-0.15, -0.1) is 0 Å². The molecule has 1 amide bonds. The molecule has 1 unspecified atom stereocenters. The van der Waals surface area contributed by atoms with Crippen LogP contribution in [0.2, 0.25) is 0 Å². The van der Waals surface area contributed by atoms with Gasteiger partial charge in [0.15, 0.2) is 0 Å². The van der Waals surface area contributed by atoms with Crippen LogP contribution in [0.1, 0.15) is 39.5 Å². The number of carbonyl (C=O) groups is 1. The molecule has 1 aliphatic rings. The summed E-state index contributed by atoms with van der Waals surface area (Å²) in [6.07, 6.45) is 4.10. The maximum atomic E-state index is 11.9. The summed E-state index contributed by atoms with van der Waals surface area (Å²) < 4.78 is 0. The van der Waals surface area contributed by atoms with E-state index in [1.165, 1.54) is 12.8 Å². The molecule has 3 nitrogen and oxygen atoms in total. The van der Waals surface area contributed by atoms with Crippen molar-refractivity contribution >= 4 is 17.3 Å². The SMILES string of the molecule is CCCC(C)CNc1ccccc1N1CCCC1=O. The highest BCUT2D eigenvalue weighted by atomic mass is 16.2. The summed E-state index contributed by atoms with van der Waals surface area (Å²) in [5.41, 5.74) is 2.12. The van der Waals surface area contributed by atoms with Crippen LogP contribution in [0.15, 0.2) is 24.3 Å². The van der Waals surface area contributed by atoms with Crippen molar-refractivity contribution in [3.05, 3.63) is 24.3 Å². The zero-order valence-corrected chi connectivity index (χ0v) is 12.0. The van der Waals surface area contributed by atoms with Crippen LogP contribution in [0.25, 0.3) is 0 Å². The maximum Gasteiger partial charge on any atom is 0.227 e. The molecule has 104 valence electrons. The first kappa shape index (κ1) is 13.9. The third kappa shape index (κ3) is 3.49. The Morgan fingerprint density at radius 3 is 2.84 bits per heavy atom. The number of para-hydroxylation sites is 2. The summed E-state index contributed by atoms with van der Waals surface area (Å²) in [6.45, 7) is 6.29. The first-order chi connectivity index (χ1) is 9.22. The molecule has 0 aromatic heterocycles. The first-order valence-electron chi connectivity index (χ1n) is 7.35. The van der Waals surface area contributed by atoms with Gasteiger partial charge in [-0.3, -0.25) is 4.79 Å². The summed E-state index contributed by atoms with van der Waals surface area (Å²) in [6, 6.07) is 8.13. The molecular weight excluding hydrogens is 236 g/mol. The predicted octanol–water partition coefficient (Wildman–Crippen LogP) is 3.66. The number of benzene rings is 1. The smallest absolute Gasteiger partial charge is 0.227 e. The lowest BCUT2D eigenvalue weighted by molar-refractivity contribution is -0.117. The van der Waals surface area contributed by atoms with E-state index in [0.717, 1.165) is 30.9 Å². The minimum atomic E-state index is 0.246. The Bertz CT molecular complexity index is 431. The van der Waals surface area contributed by atoms with E-state index in [1.54, 1.807) is 0 Å². The molecule has 0 aliphatic carbocycles. The number of rotatable bonds is 6. The van der Waals surface area contributed by atoms with Gasteiger partial charge in [0, 0.05) is 19.5 Å². The van der Waals surface area contributed by atoms with Crippen molar-refractivity contribution in [3.8, 4) is 0 Å². The Morgan fingerprint density at radius 1 is 1.37 bits per heavy atom. The fourth-order valence-corrected chi connectivity index (χ4v) is 2.64. The molecule has 1 heterocycles. The maximum absolute atomic E-state index is 11.9. The lowest BCUT2D eigenvalue weighted by Gasteiger charge is -2.21. The molecule has 0 spiro atoms. The van der Waals surface area contributed by atoms with Gasteiger partial charge in [-0.1, -0.05) is 32.4 Å². The van der Waals surface area contributed by atoms with Gasteiger partial charge in [-0.25, -0.2) is 0 Å². The van der Waals surface area contributed by atoms with Gasteiger partial charge in [0.05, 0.1) is 11.4 Å². The minimum absolute atomic E-state index is 0.246. The van der Waals surface area contributed by atoms with Crippen molar-refractivity contribution in [1.82, 2.24) is 0 Å². The third-order valence-corrected chi connectivity index (χ3v) is 3.69. The average Bonchev–Trinajstić information content (AvgIpc) is 2.83. The highest BCUT2D eigenvalue weighted by Crippen LogP contribution is 2.29. The van der Waals surface area contributed by atoms with E-state index < -0.39 is 0 Å². The van der Waals surface area contributed by atoms with Crippen LogP contribution in [-0.2, 0) is 4.79 Å². The molecular formula is C16H24N2O. The molecule has 0 radical (unpaired) electrons. The normalized spacial score (nSPS) is 16.7. The van der Waals surface area contributed by atoms with E-state index in [4.69, 9.17) is 0 Å². The Kier molecular flexibility index (Phi) is 4.83. The minimum Gasteiger partial charge on any atom is -0.383 e. The molecule has 1 N–H and O–H groups in total. The largest absolute Gasteiger partial charge is 0.383 e. The summed E-state index contributed by atoms with van der Waals surface area (Å²) in [7, 11) is 0. The second-order valence-corrected chi connectivity index (χ2v) is 5.44. The lowest BCUT2D eigenvalue weighted by Crippen LogP contribution is -2.25. The summed E-state index contributed by atoms with van der Waals surface area (Å²) in [5, 5.41) is 3.50. The molecule has 0 bridgehead atoms. The van der Waals surface area contributed by atoms with Gasteiger partial charge in [0.25, 0.3) is 0 Å². The molecule has 19 heavy (non-hydrogen) atoms. The van der Waals surface area contributed by atoms with Crippen LogP contribution in [0, 0.1) is 5.92 Å². The van der Waals surface area contributed by atoms with Gasteiger partial charge >= 0.3 is 0 Å². The monoisotopic (exact) mass is 260 g/mol. The highest BCUT2D eigenvalue weighted by Gasteiger charge is 2.23. The molecule has 0 saturated carbocycles. The van der Waals surface area contributed by atoms with Crippen LogP contribution >= 0.6 is 0 Å². The Hall–Kier alpha value is -1.51. The van der Waals surface area contributed by atoms with Gasteiger partial charge < -0.3 is 10.2 Å². The molecule has 1 aromatic carbocycles. The van der Waals surface area contributed by atoms with E-state index in [-0.39, 0.29) is 5.91 Å². The molecule has 2 rings (SSSR count). The second-order valence-electron chi connectivity index (χ2n) is 5.44. The average molecular weight is 260 g/mol.